The van der Waals surface area contributed by atoms with Crippen LogP contribution in [0.15, 0.2) is 18.2 Å². The number of aromatic carboxylic acids is 1. The number of carboxylic acid groups (broad SMARTS) is 1. The van der Waals surface area contributed by atoms with Crippen LogP contribution in [0.3, 0.4) is 0 Å². The van der Waals surface area contributed by atoms with Gasteiger partial charge in [-0.25, -0.2) is 4.79 Å². The van der Waals surface area contributed by atoms with Crippen LogP contribution in [0.5, 0.6) is 5.75 Å². The predicted octanol–water partition coefficient (Wildman–Crippen LogP) is 1.62. The zero-order valence-electron chi connectivity index (χ0n) is 10.1. The van der Waals surface area contributed by atoms with Crippen LogP contribution in [0.4, 0.5) is 5.69 Å². The van der Waals surface area contributed by atoms with E-state index in [4.69, 9.17) is 21.3 Å². The summed E-state index contributed by atoms with van der Waals surface area (Å²) in [5.41, 5.74) is 12.1. The molecule has 5 heteroatoms. The molecule has 0 heterocycles. The minimum absolute atomic E-state index is 0.00704. The molecule has 0 atom stereocenters. The number of hydrogen-bond donors (Lipinski definition) is 3. The summed E-state index contributed by atoms with van der Waals surface area (Å²) < 4.78 is 5.77. The van der Waals surface area contributed by atoms with Crippen LogP contribution in [0, 0.1) is 0 Å². The van der Waals surface area contributed by atoms with Crippen molar-refractivity contribution in [3.8, 4) is 5.75 Å². The lowest BCUT2D eigenvalue weighted by Gasteiger charge is -2.27. The third kappa shape index (κ3) is 2.73. The van der Waals surface area contributed by atoms with Crippen molar-refractivity contribution in [2.24, 2.45) is 5.73 Å². The molecule has 1 aliphatic carbocycles. The maximum atomic E-state index is 11.1. The van der Waals surface area contributed by atoms with Crippen LogP contribution in [0.2, 0.25) is 0 Å². The molecule has 1 saturated carbocycles. The van der Waals surface area contributed by atoms with Gasteiger partial charge in [0.2, 0.25) is 0 Å². The van der Waals surface area contributed by atoms with Gasteiger partial charge in [-0.1, -0.05) is 6.07 Å². The first-order valence-corrected chi connectivity index (χ1v) is 6.12. The molecule has 0 amide bonds. The monoisotopic (exact) mass is 250 g/mol. The van der Waals surface area contributed by atoms with E-state index in [0.717, 1.165) is 25.7 Å². The highest BCUT2D eigenvalue weighted by Crippen LogP contribution is 2.30. The molecule has 5 N–H and O–H groups in total. The maximum Gasteiger partial charge on any atom is 0.339 e. The largest absolute Gasteiger partial charge is 0.487 e. The van der Waals surface area contributed by atoms with Crippen molar-refractivity contribution < 1.29 is 14.6 Å². The highest BCUT2D eigenvalue weighted by atomic mass is 16.5. The molecule has 1 aromatic rings. The second-order valence-electron chi connectivity index (χ2n) is 4.68. The van der Waals surface area contributed by atoms with Crippen molar-refractivity contribution >= 4 is 11.7 Å². The first-order valence-electron chi connectivity index (χ1n) is 6.12. The van der Waals surface area contributed by atoms with Gasteiger partial charge in [-0.15, -0.1) is 0 Å². The van der Waals surface area contributed by atoms with Crippen molar-refractivity contribution in [1.29, 1.82) is 0 Å². The zero-order valence-corrected chi connectivity index (χ0v) is 10.1. The number of nitrogen functional groups attached to an aromatic ring is 1. The van der Waals surface area contributed by atoms with E-state index in [1.54, 1.807) is 12.1 Å². The predicted molar refractivity (Wildman–Crippen MR) is 68.7 cm³/mol. The van der Waals surface area contributed by atoms with E-state index >= 15 is 0 Å². The topological polar surface area (TPSA) is 98.6 Å². The van der Waals surface area contributed by atoms with Gasteiger partial charge in [0.15, 0.2) is 5.75 Å². The lowest BCUT2D eigenvalue weighted by molar-refractivity contribution is 0.0685. The van der Waals surface area contributed by atoms with E-state index in [0.29, 0.717) is 5.69 Å². The Hall–Kier alpha value is -1.75. The van der Waals surface area contributed by atoms with Gasteiger partial charge in [-0.05, 0) is 37.8 Å². The van der Waals surface area contributed by atoms with E-state index in [2.05, 4.69) is 0 Å². The Morgan fingerprint density at radius 2 is 1.94 bits per heavy atom. The van der Waals surface area contributed by atoms with Crippen LogP contribution in [0.1, 0.15) is 36.0 Å². The summed E-state index contributed by atoms with van der Waals surface area (Å²) in [4.78, 5) is 11.1. The Labute approximate surface area is 106 Å². The molecule has 0 aromatic heterocycles. The minimum atomic E-state index is -1.02. The average Bonchev–Trinajstić information content (AvgIpc) is 2.34. The number of nitrogens with two attached hydrogens (primary N) is 2. The normalized spacial score (nSPS) is 23.6. The first-order chi connectivity index (χ1) is 8.58. The third-order valence-electron chi connectivity index (χ3n) is 3.28. The van der Waals surface area contributed by atoms with Crippen molar-refractivity contribution in [2.75, 3.05) is 5.73 Å². The number of carbonyl (C=O) groups is 1. The molecule has 0 radical (unpaired) electrons. The van der Waals surface area contributed by atoms with Gasteiger partial charge in [-0.3, -0.25) is 0 Å². The Morgan fingerprint density at radius 3 is 2.56 bits per heavy atom. The van der Waals surface area contributed by atoms with Gasteiger partial charge in [0.1, 0.15) is 5.56 Å². The smallest absolute Gasteiger partial charge is 0.339 e. The van der Waals surface area contributed by atoms with Crippen molar-refractivity contribution in [3.63, 3.8) is 0 Å². The van der Waals surface area contributed by atoms with Gasteiger partial charge in [0.25, 0.3) is 0 Å². The molecule has 1 fully saturated rings. The van der Waals surface area contributed by atoms with E-state index in [-0.39, 0.29) is 23.5 Å². The number of rotatable bonds is 3. The summed E-state index contributed by atoms with van der Waals surface area (Å²) in [7, 11) is 0. The first kappa shape index (κ1) is 12.7. The van der Waals surface area contributed by atoms with E-state index in [1.807, 2.05) is 0 Å². The molecule has 0 spiro atoms. The van der Waals surface area contributed by atoms with Gasteiger partial charge < -0.3 is 21.3 Å². The standard InChI is InChI=1S/C13H18N2O3/c14-8-4-6-9(7-5-8)18-12-10(13(16)17)2-1-3-11(12)15/h1-3,8-9H,4-7,14-15H2,(H,16,17). The molecule has 98 valence electrons. The quantitative estimate of drug-likeness (QED) is 0.708. The van der Waals surface area contributed by atoms with Crippen LogP contribution < -0.4 is 16.2 Å². The highest BCUT2D eigenvalue weighted by molar-refractivity contribution is 5.93. The summed E-state index contributed by atoms with van der Waals surface area (Å²) in [5, 5.41) is 9.11. The zero-order chi connectivity index (χ0) is 13.1. The summed E-state index contributed by atoms with van der Waals surface area (Å²) in [5.74, 6) is -0.740. The number of hydrogen-bond acceptors (Lipinski definition) is 4. The SMILES string of the molecule is Nc1cccc(C(=O)O)c1OC1CCC(N)CC1. The van der Waals surface area contributed by atoms with Crippen molar-refractivity contribution in [2.45, 2.75) is 37.8 Å². The maximum absolute atomic E-state index is 11.1. The Kier molecular flexibility index (Phi) is 3.72. The molecule has 5 nitrogen and oxygen atoms in total. The summed E-state index contributed by atoms with van der Waals surface area (Å²) in [6.45, 7) is 0. The molecule has 1 aromatic carbocycles. The summed E-state index contributed by atoms with van der Waals surface area (Å²) in [6.07, 6.45) is 3.50. The van der Waals surface area contributed by atoms with Gasteiger partial charge in [0, 0.05) is 6.04 Å². The van der Waals surface area contributed by atoms with Crippen LogP contribution >= 0.6 is 0 Å². The minimum Gasteiger partial charge on any atom is -0.487 e. The van der Waals surface area contributed by atoms with E-state index in [9.17, 15) is 4.79 Å². The van der Waals surface area contributed by atoms with Crippen molar-refractivity contribution in [1.82, 2.24) is 0 Å². The fourth-order valence-electron chi connectivity index (χ4n) is 2.23. The molecule has 0 aliphatic heterocycles. The number of anilines is 1. The Morgan fingerprint density at radius 1 is 1.28 bits per heavy atom. The lowest BCUT2D eigenvalue weighted by Crippen LogP contribution is -2.32. The number of ether oxygens (including phenoxy) is 1. The molecular formula is C13H18N2O3. The fourth-order valence-corrected chi connectivity index (χ4v) is 2.23. The Balaban J connectivity index is 2.15. The summed E-state index contributed by atoms with van der Waals surface area (Å²) in [6, 6.07) is 5.00. The van der Waals surface area contributed by atoms with Crippen molar-refractivity contribution in [3.05, 3.63) is 23.8 Å². The summed E-state index contributed by atoms with van der Waals surface area (Å²) >= 11 is 0. The lowest BCUT2D eigenvalue weighted by atomic mass is 9.93. The average molecular weight is 250 g/mol. The Bertz CT molecular complexity index is 440. The van der Waals surface area contributed by atoms with Crippen LogP contribution in [0.25, 0.3) is 0 Å². The second kappa shape index (κ2) is 5.27. The van der Waals surface area contributed by atoms with Gasteiger partial charge in [0.05, 0.1) is 11.8 Å². The van der Waals surface area contributed by atoms with Crippen LogP contribution in [-0.2, 0) is 0 Å². The molecule has 2 rings (SSSR count). The fraction of sp³-hybridized carbons (Fsp3) is 0.462. The third-order valence-corrected chi connectivity index (χ3v) is 3.28. The van der Waals surface area contributed by atoms with Gasteiger partial charge >= 0.3 is 5.97 Å². The van der Waals surface area contributed by atoms with Gasteiger partial charge in [-0.2, -0.15) is 0 Å². The van der Waals surface area contributed by atoms with Crippen LogP contribution in [-0.4, -0.2) is 23.2 Å². The highest BCUT2D eigenvalue weighted by Gasteiger charge is 2.23. The molecule has 0 unspecified atom stereocenters. The molecule has 0 saturated heterocycles. The second-order valence-corrected chi connectivity index (χ2v) is 4.68. The number of benzene rings is 1. The molecule has 0 bridgehead atoms. The molecular weight excluding hydrogens is 232 g/mol. The molecule has 1 aliphatic rings. The number of carboxylic acids is 1. The molecule has 18 heavy (non-hydrogen) atoms. The van der Waals surface area contributed by atoms with E-state index < -0.39 is 5.97 Å². The number of para-hydroxylation sites is 1. The van der Waals surface area contributed by atoms with E-state index in [1.165, 1.54) is 6.07 Å².